The van der Waals surface area contributed by atoms with E-state index in [1.54, 1.807) is 19.9 Å². The van der Waals surface area contributed by atoms with E-state index in [1.807, 2.05) is 4.90 Å². The van der Waals surface area contributed by atoms with Crippen LogP contribution in [-0.2, 0) is 14.8 Å². The lowest BCUT2D eigenvalue weighted by Gasteiger charge is -2.30. The minimum absolute atomic E-state index is 0.00456. The van der Waals surface area contributed by atoms with Crippen LogP contribution in [-0.4, -0.2) is 58.0 Å². The number of morpholine rings is 1. The van der Waals surface area contributed by atoms with Gasteiger partial charge in [-0.05, 0) is 36.4 Å². The molecule has 31 heavy (non-hydrogen) atoms. The van der Waals surface area contributed by atoms with Crippen LogP contribution in [0.4, 0.5) is 15.8 Å². The van der Waals surface area contributed by atoms with Gasteiger partial charge in [-0.25, -0.2) is 12.8 Å². The molecule has 3 rings (SSSR count). The van der Waals surface area contributed by atoms with E-state index in [2.05, 4.69) is 5.32 Å². The smallest absolute Gasteiger partial charge is 0.257 e. The number of carbonyl (C=O) groups is 1. The number of rotatable bonds is 7. The topological polar surface area (TPSA) is 79.0 Å². The number of nitrogens with zero attached hydrogens (tertiary/aromatic N) is 2. The van der Waals surface area contributed by atoms with Crippen molar-refractivity contribution < 1.29 is 22.3 Å². The van der Waals surface area contributed by atoms with E-state index in [-0.39, 0.29) is 21.2 Å². The number of anilines is 2. The van der Waals surface area contributed by atoms with Crippen molar-refractivity contribution in [2.75, 3.05) is 49.6 Å². The molecule has 2 aromatic carbocycles. The second kappa shape index (κ2) is 9.95. The summed E-state index contributed by atoms with van der Waals surface area (Å²) in [6.07, 6.45) is 0. The van der Waals surface area contributed by atoms with Crippen molar-refractivity contribution in [3.05, 3.63) is 52.8 Å². The lowest BCUT2D eigenvalue weighted by Crippen LogP contribution is -2.37. The Kier molecular flexibility index (Phi) is 7.53. The third-order valence-corrected chi connectivity index (χ3v) is 7.37. The van der Waals surface area contributed by atoms with E-state index in [1.165, 1.54) is 28.6 Å². The Morgan fingerprint density at radius 2 is 1.84 bits per heavy atom. The zero-order valence-electron chi connectivity index (χ0n) is 17.4. The Morgan fingerprint density at radius 1 is 1.16 bits per heavy atom. The highest BCUT2D eigenvalue weighted by molar-refractivity contribution is 7.89. The average Bonchev–Trinajstić information content (AvgIpc) is 2.77. The second-order valence-corrected chi connectivity index (χ2v) is 9.32. The predicted octanol–water partition coefficient (Wildman–Crippen LogP) is 3.60. The maximum Gasteiger partial charge on any atom is 0.257 e. The van der Waals surface area contributed by atoms with Crippen molar-refractivity contribution in [2.45, 2.75) is 18.7 Å². The molecule has 0 unspecified atom stereocenters. The van der Waals surface area contributed by atoms with Crippen molar-refractivity contribution >= 4 is 38.9 Å². The molecule has 1 amide bonds. The zero-order valence-corrected chi connectivity index (χ0v) is 19.0. The number of benzene rings is 2. The fraction of sp³-hybridized carbons (Fsp3) is 0.381. The van der Waals surface area contributed by atoms with Crippen LogP contribution >= 0.6 is 11.6 Å². The van der Waals surface area contributed by atoms with E-state index in [4.69, 9.17) is 16.3 Å². The summed E-state index contributed by atoms with van der Waals surface area (Å²) >= 11 is 5.93. The van der Waals surface area contributed by atoms with Gasteiger partial charge in [-0.3, -0.25) is 4.79 Å². The van der Waals surface area contributed by atoms with Gasteiger partial charge in [0.1, 0.15) is 5.82 Å². The number of ether oxygens (including phenoxy) is 1. The maximum atomic E-state index is 14.2. The van der Waals surface area contributed by atoms with Crippen LogP contribution in [0.5, 0.6) is 0 Å². The molecular formula is C21H25ClFN3O4S. The minimum Gasteiger partial charge on any atom is -0.378 e. The quantitative estimate of drug-likeness (QED) is 0.670. The highest BCUT2D eigenvalue weighted by Crippen LogP contribution is 2.28. The molecule has 1 aliphatic rings. The molecule has 1 fully saturated rings. The van der Waals surface area contributed by atoms with E-state index in [0.29, 0.717) is 45.1 Å². The van der Waals surface area contributed by atoms with Crippen molar-refractivity contribution in [3.63, 3.8) is 0 Å². The standard InChI is InChI=1S/C21H25ClFN3O4S/c1-3-26(4-2)31(28,29)16-6-8-20(25-9-11-30-12-10-25)17(14-16)21(27)24-19-13-15(22)5-7-18(19)23/h5-8,13-14H,3-4,9-12H2,1-2H3,(H,24,27). The minimum atomic E-state index is -3.78. The molecule has 0 bridgehead atoms. The van der Waals surface area contributed by atoms with E-state index >= 15 is 0 Å². The normalized spacial score (nSPS) is 14.7. The van der Waals surface area contributed by atoms with Crippen LogP contribution < -0.4 is 10.2 Å². The van der Waals surface area contributed by atoms with Gasteiger partial charge < -0.3 is 15.0 Å². The van der Waals surface area contributed by atoms with Gasteiger partial charge in [0, 0.05) is 36.9 Å². The van der Waals surface area contributed by atoms with Crippen LogP contribution in [0.2, 0.25) is 5.02 Å². The first kappa shape index (κ1) is 23.5. The first-order valence-electron chi connectivity index (χ1n) is 10.0. The van der Waals surface area contributed by atoms with Gasteiger partial charge in [0.2, 0.25) is 10.0 Å². The first-order chi connectivity index (χ1) is 14.8. The molecule has 1 heterocycles. The molecule has 168 valence electrons. The summed E-state index contributed by atoms with van der Waals surface area (Å²) in [5.74, 6) is -1.27. The van der Waals surface area contributed by atoms with E-state index < -0.39 is 21.7 Å². The summed E-state index contributed by atoms with van der Waals surface area (Å²) in [6.45, 7) is 6.19. The van der Waals surface area contributed by atoms with E-state index in [9.17, 15) is 17.6 Å². The highest BCUT2D eigenvalue weighted by atomic mass is 35.5. The molecule has 2 aromatic rings. The Balaban J connectivity index is 2.05. The lowest BCUT2D eigenvalue weighted by molar-refractivity contribution is 0.102. The molecule has 0 radical (unpaired) electrons. The number of halogens is 2. The summed E-state index contributed by atoms with van der Waals surface area (Å²) in [4.78, 5) is 15.1. The molecule has 0 aromatic heterocycles. The molecule has 1 aliphatic heterocycles. The lowest BCUT2D eigenvalue weighted by atomic mass is 10.1. The maximum absolute atomic E-state index is 14.2. The number of hydrogen-bond donors (Lipinski definition) is 1. The summed E-state index contributed by atoms with van der Waals surface area (Å²) in [5, 5.41) is 2.78. The van der Waals surface area contributed by atoms with Crippen LogP contribution in [0.15, 0.2) is 41.3 Å². The summed E-state index contributed by atoms with van der Waals surface area (Å²) in [7, 11) is -3.78. The molecular weight excluding hydrogens is 445 g/mol. The van der Waals surface area contributed by atoms with E-state index in [0.717, 1.165) is 6.07 Å². The van der Waals surface area contributed by atoms with Gasteiger partial charge in [-0.2, -0.15) is 4.31 Å². The largest absolute Gasteiger partial charge is 0.378 e. The highest BCUT2D eigenvalue weighted by Gasteiger charge is 2.26. The molecule has 7 nitrogen and oxygen atoms in total. The van der Waals surface area contributed by atoms with Crippen LogP contribution in [0.3, 0.4) is 0 Å². The Hall–Kier alpha value is -2.20. The predicted molar refractivity (Wildman–Crippen MR) is 119 cm³/mol. The van der Waals surface area contributed by atoms with Crippen LogP contribution in [0.1, 0.15) is 24.2 Å². The number of sulfonamides is 1. The van der Waals surface area contributed by atoms with Crippen molar-refractivity contribution in [2.24, 2.45) is 0 Å². The van der Waals surface area contributed by atoms with Gasteiger partial charge in [-0.15, -0.1) is 0 Å². The summed E-state index contributed by atoms with van der Waals surface area (Å²) < 4.78 is 46.8. The van der Waals surface area contributed by atoms with Crippen LogP contribution in [0.25, 0.3) is 0 Å². The third kappa shape index (κ3) is 5.17. The third-order valence-electron chi connectivity index (χ3n) is 5.08. The fourth-order valence-electron chi connectivity index (χ4n) is 3.43. The molecule has 0 spiro atoms. The Labute approximate surface area is 186 Å². The van der Waals surface area contributed by atoms with Crippen molar-refractivity contribution in [3.8, 4) is 0 Å². The van der Waals surface area contributed by atoms with Crippen LogP contribution in [0, 0.1) is 5.82 Å². The Morgan fingerprint density at radius 3 is 2.48 bits per heavy atom. The van der Waals surface area contributed by atoms with Gasteiger partial charge in [0.25, 0.3) is 5.91 Å². The molecule has 0 atom stereocenters. The molecule has 1 saturated heterocycles. The first-order valence-corrected chi connectivity index (χ1v) is 11.8. The molecule has 0 aliphatic carbocycles. The fourth-order valence-corrected chi connectivity index (χ4v) is 5.09. The zero-order chi connectivity index (χ0) is 22.6. The monoisotopic (exact) mass is 469 g/mol. The summed E-state index contributed by atoms with van der Waals surface area (Å²) in [6, 6.07) is 8.29. The number of hydrogen-bond acceptors (Lipinski definition) is 5. The Bertz CT molecular complexity index is 1050. The number of carbonyl (C=O) groups excluding carboxylic acids is 1. The van der Waals surface area contributed by atoms with Gasteiger partial charge >= 0.3 is 0 Å². The molecule has 10 heteroatoms. The van der Waals surface area contributed by atoms with Gasteiger partial charge in [0.05, 0.1) is 29.4 Å². The SMILES string of the molecule is CCN(CC)S(=O)(=O)c1ccc(N2CCOCC2)c(C(=O)Nc2cc(Cl)ccc2F)c1. The van der Waals surface area contributed by atoms with Crippen molar-refractivity contribution in [1.29, 1.82) is 0 Å². The second-order valence-electron chi connectivity index (χ2n) is 6.95. The number of nitrogens with one attached hydrogen (secondary N) is 1. The number of amides is 1. The molecule has 1 N–H and O–H groups in total. The summed E-state index contributed by atoms with van der Waals surface area (Å²) in [5.41, 5.74) is 0.610. The average molecular weight is 470 g/mol. The van der Waals surface area contributed by atoms with Gasteiger partial charge in [-0.1, -0.05) is 25.4 Å². The van der Waals surface area contributed by atoms with Crippen molar-refractivity contribution in [1.82, 2.24) is 4.31 Å². The molecule has 0 saturated carbocycles. The van der Waals surface area contributed by atoms with Gasteiger partial charge in [0.15, 0.2) is 0 Å².